The van der Waals surface area contributed by atoms with Gasteiger partial charge in [-0.05, 0) is 49.7 Å². The van der Waals surface area contributed by atoms with Gasteiger partial charge < -0.3 is 20.4 Å². The van der Waals surface area contributed by atoms with Crippen LogP contribution in [0.15, 0.2) is 60.8 Å². The van der Waals surface area contributed by atoms with E-state index in [0.29, 0.717) is 18.6 Å². The number of unbranched alkanes of at least 4 members (excludes halogenated alkanes) is 1. The number of hydrogen-bond acceptors (Lipinski definition) is 5. The van der Waals surface area contributed by atoms with Gasteiger partial charge in [0.25, 0.3) is 0 Å². The average molecular weight is 541 g/mol. The zero-order chi connectivity index (χ0) is 27.4. The molecule has 1 aromatic heterocycles. The second kappa shape index (κ2) is 11.7. The van der Waals surface area contributed by atoms with Crippen molar-refractivity contribution in [2.45, 2.75) is 31.5 Å². The minimum absolute atomic E-state index is 0.239. The molecule has 5 rings (SSSR count). The summed E-state index contributed by atoms with van der Waals surface area (Å²) in [7, 11) is 0. The molecule has 7 nitrogen and oxygen atoms in total. The van der Waals surface area contributed by atoms with Gasteiger partial charge in [-0.2, -0.15) is 13.2 Å². The van der Waals surface area contributed by atoms with E-state index < -0.39 is 11.7 Å². The fourth-order valence-corrected chi connectivity index (χ4v) is 5.77. The predicted octanol–water partition coefficient (Wildman–Crippen LogP) is 4.82. The van der Waals surface area contributed by atoms with E-state index in [4.69, 9.17) is 5.73 Å². The largest absolute Gasteiger partial charge is 0.416 e. The zero-order valence-electron chi connectivity index (χ0n) is 22.0. The third-order valence-electron chi connectivity index (χ3n) is 7.90. The monoisotopic (exact) mass is 540 g/mol. The number of piperazine rings is 2. The molecule has 208 valence electrons. The highest BCUT2D eigenvalue weighted by molar-refractivity contribution is 5.92. The van der Waals surface area contributed by atoms with E-state index in [2.05, 4.69) is 31.8 Å². The van der Waals surface area contributed by atoms with Crippen LogP contribution in [0.5, 0.6) is 0 Å². The maximum Gasteiger partial charge on any atom is 0.416 e. The number of aromatic nitrogens is 1. The van der Waals surface area contributed by atoms with Crippen LogP contribution >= 0.6 is 0 Å². The summed E-state index contributed by atoms with van der Waals surface area (Å²) in [5.41, 5.74) is 7.39. The molecular weight excluding hydrogens is 505 g/mol. The van der Waals surface area contributed by atoms with E-state index in [0.717, 1.165) is 81.7 Å². The molecule has 2 aliphatic heterocycles. The number of halogens is 3. The summed E-state index contributed by atoms with van der Waals surface area (Å²) >= 11 is 0. The molecule has 3 heterocycles. The fourth-order valence-electron chi connectivity index (χ4n) is 5.77. The lowest BCUT2D eigenvalue weighted by atomic mass is 10.0. The minimum Gasteiger partial charge on any atom is -0.368 e. The standard InChI is InChI=1S/C29H35F3N6O/c30-29(31,32)22-9-10-25-26(20-22)34-12-11-27(25)36-16-14-35(15-17-36)13-5-4-8-24-21-37(28(33)39)18-19-38(24)23-6-2-1-3-7-23/h1-3,6-7,9-12,20,24H,4-5,8,13-19,21H2,(H2,33,39). The number of nitrogens with two attached hydrogens (primary N) is 1. The van der Waals surface area contributed by atoms with Crippen molar-refractivity contribution < 1.29 is 18.0 Å². The Hall–Kier alpha value is -3.53. The summed E-state index contributed by atoms with van der Waals surface area (Å²) in [6.07, 6.45) is 0.316. The molecule has 1 unspecified atom stereocenters. The lowest BCUT2D eigenvalue weighted by molar-refractivity contribution is -0.137. The number of alkyl halides is 3. The van der Waals surface area contributed by atoms with Crippen LogP contribution in [0.4, 0.5) is 29.3 Å². The molecule has 0 saturated carbocycles. The Morgan fingerprint density at radius 1 is 0.949 bits per heavy atom. The Kier molecular flexibility index (Phi) is 8.11. The van der Waals surface area contributed by atoms with Gasteiger partial charge in [-0.1, -0.05) is 30.7 Å². The van der Waals surface area contributed by atoms with Crippen LogP contribution in [0, 0.1) is 0 Å². The number of pyridine rings is 1. The van der Waals surface area contributed by atoms with Crippen LogP contribution in [-0.2, 0) is 6.18 Å². The van der Waals surface area contributed by atoms with Gasteiger partial charge in [-0.3, -0.25) is 9.88 Å². The number of primary amides is 1. The highest BCUT2D eigenvalue weighted by atomic mass is 19.4. The SMILES string of the molecule is NC(=O)N1CCN(c2ccccc2)C(CCCCN2CCN(c3ccnc4cc(C(F)(F)F)ccc34)CC2)C1. The molecule has 2 fully saturated rings. The molecular formula is C29H35F3N6O. The van der Waals surface area contributed by atoms with Gasteiger partial charge >= 0.3 is 12.2 Å². The Morgan fingerprint density at radius 2 is 1.72 bits per heavy atom. The van der Waals surface area contributed by atoms with Crippen LogP contribution in [0.1, 0.15) is 24.8 Å². The van der Waals surface area contributed by atoms with Crippen molar-refractivity contribution in [2.75, 3.05) is 62.2 Å². The molecule has 0 bridgehead atoms. The van der Waals surface area contributed by atoms with Crippen molar-refractivity contribution in [3.8, 4) is 0 Å². The van der Waals surface area contributed by atoms with Gasteiger partial charge in [0.05, 0.1) is 11.1 Å². The number of nitrogens with zero attached hydrogens (tertiary/aromatic N) is 5. The van der Waals surface area contributed by atoms with Crippen LogP contribution in [0.3, 0.4) is 0 Å². The van der Waals surface area contributed by atoms with Crippen LogP contribution in [-0.4, -0.2) is 79.2 Å². The normalized spacial score (nSPS) is 19.1. The van der Waals surface area contributed by atoms with Crippen LogP contribution in [0.2, 0.25) is 0 Å². The Balaban J connectivity index is 1.12. The quantitative estimate of drug-likeness (QED) is 0.436. The first kappa shape index (κ1) is 27.1. The summed E-state index contributed by atoms with van der Waals surface area (Å²) in [6.45, 7) is 6.50. The van der Waals surface area contributed by atoms with Crippen molar-refractivity contribution in [1.82, 2.24) is 14.8 Å². The summed E-state index contributed by atoms with van der Waals surface area (Å²) in [5.74, 6) is 0. The number of para-hydroxylation sites is 1. The van der Waals surface area contributed by atoms with Gasteiger partial charge in [0, 0.05) is 74.8 Å². The van der Waals surface area contributed by atoms with Crippen LogP contribution in [0.25, 0.3) is 10.9 Å². The Bertz CT molecular complexity index is 1260. The second-order valence-corrected chi connectivity index (χ2v) is 10.4. The molecule has 0 aliphatic carbocycles. The summed E-state index contributed by atoms with van der Waals surface area (Å²) in [5, 5.41) is 0.749. The van der Waals surface area contributed by atoms with Crippen molar-refractivity contribution in [3.05, 3.63) is 66.4 Å². The number of urea groups is 1. The molecule has 2 aliphatic rings. The smallest absolute Gasteiger partial charge is 0.368 e. The van der Waals surface area contributed by atoms with E-state index >= 15 is 0 Å². The van der Waals surface area contributed by atoms with Gasteiger partial charge in [0.1, 0.15) is 0 Å². The van der Waals surface area contributed by atoms with E-state index in [9.17, 15) is 18.0 Å². The summed E-state index contributed by atoms with van der Waals surface area (Å²) in [4.78, 5) is 24.8. The molecule has 2 amide bonds. The third kappa shape index (κ3) is 6.38. The van der Waals surface area contributed by atoms with E-state index in [1.54, 1.807) is 11.1 Å². The molecule has 39 heavy (non-hydrogen) atoms. The molecule has 1 atom stereocenters. The summed E-state index contributed by atoms with van der Waals surface area (Å²) in [6, 6.07) is 15.9. The molecule has 3 aromatic rings. The zero-order valence-corrected chi connectivity index (χ0v) is 22.0. The van der Waals surface area contributed by atoms with E-state index in [1.165, 1.54) is 11.8 Å². The highest BCUT2D eigenvalue weighted by Gasteiger charge is 2.31. The summed E-state index contributed by atoms with van der Waals surface area (Å²) < 4.78 is 39.4. The number of hydrogen-bond donors (Lipinski definition) is 1. The number of benzene rings is 2. The molecule has 0 radical (unpaired) electrons. The van der Waals surface area contributed by atoms with Gasteiger partial charge in [-0.25, -0.2) is 4.79 Å². The number of fused-ring (bicyclic) bond motifs is 1. The van der Waals surface area contributed by atoms with Crippen LogP contribution < -0.4 is 15.5 Å². The lowest BCUT2D eigenvalue weighted by Crippen LogP contribution is -2.56. The molecule has 2 N–H and O–H groups in total. The molecule has 2 aromatic carbocycles. The first-order valence-electron chi connectivity index (χ1n) is 13.6. The third-order valence-corrected chi connectivity index (χ3v) is 7.90. The molecule has 10 heteroatoms. The second-order valence-electron chi connectivity index (χ2n) is 10.4. The Labute approximate surface area is 227 Å². The lowest BCUT2D eigenvalue weighted by Gasteiger charge is -2.42. The number of carbonyl (C=O) groups is 1. The number of amides is 2. The van der Waals surface area contributed by atoms with Gasteiger partial charge in [0.2, 0.25) is 0 Å². The van der Waals surface area contributed by atoms with E-state index in [-0.39, 0.29) is 12.1 Å². The number of carbonyl (C=O) groups excluding carboxylic acids is 1. The fraction of sp³-hybridized carbons (Fsp3) is 0.448. The Morgan fingerprint density at radius 3 is 2.44 bits per heavy atom. The maximum atomic E-state index is 13.1. The average Bonchev–Trinajstić information content (AvgIpc) is 2.95. The minimum atomic E-state index is -4.38. The predicted molar refractivity (Wildman–Crippen MR) is 148 cm³/mol. The highest BCUT2D eigenvalue weighted by Crippen LogP contribution is 2.34. The number of anilines is 2. The maximum absolute atomic E-state index is 13.1. The van der Waals surface area contributed by atoms with Crippen molar-refractivity contribution >= 4 is 28.3 Å². The van der Waals surface area contributed by atoms with Gasteiger partial charge in [0.15, 0.2) is 0 Å². The van der Waals surface area contributed by atoms with Crippen molar-refractivity contribution in [3.63, 3.8) is 0 Å². The first-order valence-corrected chi connectivity index (χ1v) is 13.6. The van der Waals surface area contributed by atoms with Crippen molar-refractivity contribution in [1.29, 1.82) is 0 Å². The number of rotatable bonds is 7. The molecule has 2 saturated heterocycles. The van der Waals surface area contributed by atoms with Gasteiger partial charge in [-0.15, -0.1) is 0 Å². The van der Waals surface area contributed by atoms with E-state index in [1.807, 2.05) is 24.3 Å². The topological polar surface area (TPSA) is 68.9 Å². The first-order chi connectivity index (χ1) is 18.8. The molecule has 0 spiro atoms. The van der Waals surface area contributed by atoms with Crippen molar-refractivity contribution in [2.24, 2.45) is 5.73 Å².